The molecule has 0 aliphatic rings. The molecule has 0 unspecified atom stereocenters. The van der Waals surface area contributed by atoms with Crippen molar-refractivity contribution in [3.63, 3.8) is 0 Å². The average Bonchev–Trinajstić information content (AvgIpc) is 1.82. The Morgan fingerprint density at radius 1 is 1.42 bits per heavy atom. The third kappa shape index (κ3) is 4.54. The molecule has 0 bridgehead atoms. The van der Waals surface area contributed by atoms with E-state index in [1.807, 2.05) is 0 Å². The van der Waals surface area contributed by atoms with Gasteiger partial charge in [0, 0.05) is 13.0 Å². The van der Waals surface area contributed by atoms with Crippen LogP contribution in [0.5, 0.6) is 0 Å². The molecule has 0 aliphatic heterocycles. The molecule has 1 nitrogen and oxygen atoms in total. The van der Waals surface area contributed by atoms with Gasteiger partial charge in [0.25, 0.3) is 0 Å². The van der Waals surface area contributed by atoms with E-state index in [9.17, 15) is 13.2 Å². The summed E-state index contributed by atoms with van der Waals surface area (Å²) in [5.41, 5.74) is 0. The molecule has 0 heterocycles. The van der Waals surface area contributed by atoms with Gasteiger partial charge in [0.1, 0.15) is 6.54 Å². The Morgan fingerprint density at radius 3 is 2.08 bits per heavy atom. The Balaban J connectivity index is 4.05. The maximum Gasteiger partial charge on any atom is 0.405 e. The van der Waals surface area contributed by atoms with E-state index in [0.717, 1.165) is 4.90 Å². The van der Waals surface area contributed by atoms with Crippen LogP contribution in [0.3, 0.4) is 0 Å². The van der Waals surface area contributed by atoms with Crippen molar-refractivity contribution < 1.29 is 13.2 Å². The Morgan fingerprint density at radius 2 is 1.83 bits per heavy atom. The average molecular weight is 199 g/mol. The van der Waals surface area contributed by atoms with E-state index in [0.29, 0.717) is 4.99 Å². The van der Waals surface area contributed by atoms with Crippen LogP contribution in [0, 0.1) is 5.92 Å². The minimum Gasteiger partial charge on any atom is -0.360 e. The smallest absolute Gasteiger partial charge is 0.360 e. The minimum atomic E-state index is -4.17. The van der Waals surface area contributed by atoms with Crippen molar-refractivity contribution in [1.29, 1.82) is 0 Å². The first-order chi connectivity index (χ1) is 5.24. The SMILES string of the molecule is CC(C)C(=S)N(C)CC(F)(F)F. The summed E-state index contributed by atoms with van der Waals surface area (Å²) in [7, 11) is 1.36. The highest BCUT2D eigenvalue weighted by molar-refractivity contribution is 7.80. The second-order valence-electron chi connectivity index (χ2n) is 2.96. The lowest BCUT2D eigenvalue weighted by atomic mass is 10.2. The fourth-order valence-corrected chi connectivity index (χ4v) is 0.852. The predicted octanol–water partition coefficient (Wildman–Crippen LogP) is 2.46. The van der Waals surface area contributed by atoms with Crippen LogP contribution < -0.4 is 0 Å². The predicted molar refractivity (Wildman–Crippen MR) is 46.1 cm³/mol. The lowest BCUT2D eigenvalue weighted by molar-refractivity contribution is -0.135. The summed E-state index contributed by atoms with van der Waals surface area (Å²) in [6.07, 6.45) is -4.17. The van der Waals surface area contributed by atoms with E-state index < -0.39 is 12.7 Å². The van der Waals surface area contributed by atoms with Gasteiger partial charge in [0.2, 0.25) is 0 Å². The Labute approximate surface area is 75.5 Å². The van der Waals surface area contributed by atoms with Gasteiger partial charge in [0.15, 0.2) is 0 Å². The number of hydrogen-bond donors (Lipinski definition) is 0. The molecular formula is C7H12F3NS. The van der Waals surface area contributed by atoms with Crippen LogP contribution in [-0.2, 0) is 0 Å². The van der Waals surface area contributed by atoms with Crippen LogP contribution in [0.15, 0.2) is 0 Å². The van der Waals surface area contributed by atoms with Gasteiger partial charge in [-0.2, -0.15) is 13.2 Å². The van der Waals surface area contributed by atoms with E-state index in [1.54, 1.807) is 13.8 Å². The molecule has 12 heavy (non-hydrogen) atoms. The van der Waals surface area contributed by atoms with Crippen molar-refractivity contribution >= 4 is 17.2 Å². The zero-order valence-corrected chi connectivity index (χ0v) is 8.09. The number of halogens is 3. The molecular weight excluding hydrogens is 187 g/mol. The fourth-order valence-electron chi connectivity index (χ4n) is 0.788. The normalized spacial score (nSPS) is 11.9. The second-order valence-corrected chi connectivity index (χ2v) is 3.38. The molecule has 0 atom stereocenters. The van der Waals surface area contributed by atoms with E-state index in [1.165, 1.54) is 7.05 Å². The lowest BCUT2D eigenvalue weighted by Gasteiger charge is -2.23. The molecule has 0 aromatic heterocycles. The first kappa shape index (κ1) is 11.7. The highest BCUT2D eigenvalue weighted by Gasteiger charge is 2.30. The van der Waals surface area contributed by atoms with Crippen LogP contribution in [0.2, 0.25) is 0 Å². The van der Waals surface area contributed by atoms with Crippen molar-refractivity contribution in [3.8, 4) is 0 Å². The van der Waals surface area contributed by atoms with Crippen LogP contribution in [-0.4, -0.2) is 29.7 Å². The molecule has 5 heteroatoms. The fraction of sp³-hybridized carbons (Fsp3) is 0.857. The summed E-state index contributed by atoms with van der Waals surface area (Å²) in [6.45, 7) is 2.58. The number of nitrogens with zero attached hydrogens (tertiary/aromatic N) is 1. The summed E-state index contributed by atoms with van der Waals surface area (Å²) in [5, 5.41) is 0. The van der Waals surface area contributed by atoms with Gasteiger partial charge in [0.05, 0.1) is 4.99 Å². The van der Waals surface area contributed by atoms with Crippen LogP contribution >= 0.6 is 12.2 Å². The topological polar surface area (TPSA) is 3.24 Å². The number of alkyl halides is 3. The van der Waals surface area contributed by atoms with Gasteiger partial charge in [-0.05, 0) is 0 Å². The molecule has 0 saturated heterocycles. The van der Waals surface area contributed by atoms with E-state index in [4.69, 9.17) is 12.2 Å². The summed E-state index contributed by atoms with van der Waals surface area (Å²) < 4.78 is 35.5. The Bertz CT molecular complexity index is 165. The molecule has 72 valence electrons. The first-order valence-corrected chi connectivity index (χ1v) is 3.96. The van der Waals surface area contributed by atoms with Gasteiger partial charge in [-0.15, -0.1) is 0 Å². The number of rotatable bonds is 2. The standard InChI is InChI=1S/C7H12F3NS/c1-5(2)6(12)11(3)4-7(8,9)10/h5H,4H2,1-3H3. The molecule has 0 amide bonds. The highest BCUT2D eigenvalue weighted by Crippen LogP contribution is 2.17. The molecule has 0 saturated carbocycles. The van der Waals surface area contributed by atoms with Crippen LogP contribution in [0.25, 0.3) is 0 Å². The Hall–Kier alpha value is -0.320. The van der Waals surface area contributed by atoms with E-state index in [2.05, 4.69) is 0 Å². The third-order valence-electron chi connectivity index (χ3n) is 1.29. The molecule has 0 radical (unpaired) electrons. The van der Waals surface area contributed by atoms with Gasteiger partial charge in [-0.25, -0.2) is 0 Å². The molecule has 0 fully saturated rings. The zero-order chi connectivity index (χ0) is 9.94. The highest BCUT2D eigenvalue weighted by atomic mass is 32.1. The summed E-state index contributed by atoms with van der Waals surface area (Å²) in [4.78, 5) is 1.40. The quantitative estimate of drug-likeness (QED) is 0.628. The van der Waals surface area contributed by atoms with Gasteiger partial charge in [-0.3, -0.25) is 0 Å². The third-order valence-corrected chi connectivity index (χ3v) is 2.07. The maximum absolute atomic E-state index is 11.8. The van der Waals surface area contributed by atoms with Gasteiger partial charge in [-0.1, -0.05) is 26.1 Å². The monoisotopic (exact) mass is 199 g/mol. The van der Waals surface area contributed by atoms with Gasteiger partial charge < -0.3 is 4.90 Å². The Kier molecular flexibility index (Phi) is 3.96. The lowest BCUT2D eigenvalue weighted by Crippen LogP contribution is -2.36. The summed E-state index contributed by atoms with van der Waals surface area (Å²) in [5.74, 6) is -0.0210. The first-order valence-electron chi connectivity index (χ1n) is 3.56. The number of thiocarbonyl (C=S) groups is 1. The minimum absolute atomic E-state index is 0.0210. The van der Waals surface area contributed by atoms with Crippen molar-refractivity contribution in [3.05, 3.63) is 0 Å². The maximum atomic E-state index is 11.8. The van der Waals surface area contributed by atoms with Crippen molar-refractivity contribution in [1.82, 2.24) is 4.90 Å². The molecule has 0 rings (SSSR count). The second kappa shape index (κ2) is 4.07. The van der Waals surface area contributed by atoms with Gasteiger partial charge >= 0.3 is 6.18 Å². The summed E-state index contributed by atoms with van der Waals surface area (Å²) in [6, 6.07) is 0. The van der Waals surface area contributed by atoms with Crippen molar-refractivity contribution in [2.24, 2.45) is 5.92 Å². The molecule has 0 spiro atoms. The zero-order valence-electron chi connectivity index (χ0n) is 7.27. The molecule has 0 aromatic carbocycles. The molecule has 0 aliphatic carbocycles. The molecule has 0 N–H and O–H groups in total. The largest absolute Gasteiger partial charge is 0.405 e. The van der Waals surface area contributed by atoms with Crippen LogP contribution in [0.1, 0.15) is 13.8 Å². The van der Waals surface area contributed by atoms with Crippen molar-refractivity contribution in [2.45, 2.75) is 20.0 Å². The summed E-state index contributed by atoms with van der Waals surface area (Å²) >= 11 is 4.79. The van der Waals surface area contributed by atoms with E-state index >= 15 is 0 Å². The van der Waals surface area contributed by atoms with Crippen molar-refractivity contribution in [2.75, 3.05) is 13.6 Å². The van der Waals surface area contributed by atoms with E-state index in [-0.39, 0.29) is 5.92 Å². The molecule has 0 aromatic rings. The van der Waals surface area contributed by atoms with Crippen LogP contribution in [0.4, 0.5) is 13.2 Å². The number of hydrogen-bond acceptors (Lipinski definition) is 1.